The number of amides is 1. The Morgan fingerprint density at radius 2 is 2.25 bits per heavy atom. The van der Waals surface area contributed by atoms with Crippen LogP contribution in [0.25, 0.3) is 0 Å². The van der Waals surface area contributed by atoms with E-state index in [-0.39, 0.29) is 0 Å². The molecule has 0 spiro atoms. The maximum atomic E-state index is 10.7. The van der Waals surface area contributed by atoms with Crippen LogP contribution in [0.15, 0.2) is 18.2 Å². The monoisotopic (exact) mass is 180 g/mol. The first-order valence-electron chi connectivity index (χ1n) is 3.55. The number of carbonyl (C=O) groups is 1. The van der Waals surface area contributed by atoms with Gasteiger partial charge in [0.2, 0.25) is 0 Å². The molecule has 0 saturated heterocycles. The Morgan fingerprint density at radius 1 is 1.58 bits per heavy atom. The predicted molar refractivity (Wildman–Crippen MR) is 50.0 cm³/mol. The summed E-state index contributed by atoms with van der Waals surface area (Å²) >= 11 is 0. The van der Waals surface area contributed by atoms with Gasteiger partial charge in [-0.05, 0) is 18.2 Å². The second kappa shape index (κ2) is 3.40. The summed E-state index contributed by atoms with van der Waals surface area (Å²) in [5.74, 6) is 0.118. The highest BCUT2D eigenvalue weighted by atomic mass is 28.1. The zero-order chi connectivity index (χ0) is 9.14. The van der Waals surface area contributed by atoms with Gasteiger partial charge in [0.1, 0.15) is 5.75 Å². The zero-order valence-corrected chi connectivity index (χ0v) is 9.05. The highest BCUT2D eigenvalue weighted by molar-refractivity contribution is 6.36. The fraction of sp³-hybridized carbons (Fsp3) is 0.125. The average Bonchev–Trinajstić information content (AvgIpc) is 2.03. The van der Waals surface area contributed by atoms with E-state index in [9.17, 15) is 4.79 Å². The van der Waals surface area contributed by atoms with Crippen molar-refractivity contribution in [3.8, 4) is 5.75 Å². The van der Waals surface area contributed by atoms with E-state index in [0.717, 1.165) is 21.2 Å². The lowest BCUT2D eigenvalue weighted by Gasteiger charge is -2.03. The average molecular weight is 180 g/mol. The molecule has 0 aliphatic rings. The van der Waals surface area contributed by atoms with E-state index in [1.807, 2.05) is 0 Å². The molecular weight excluding hydrogens is 170 g/mol. The number of benzene rings is 1. The maximum absolute atomic E-state index is 10.7. The van der Waals surface area contributed by atoms with Crippen molar-refractivity contribution < 1.29 is 9.53 Å². The van der Waals surface area contributed by atoms with Gasteiger partial charge < -0.3 is 4.74 Å². The van der Waals surface area contributed by atoms with Crippen molar-refractivity contribution >= 4 is 21.3 Å². The number of hydrogen-bond donors (Lipinski definition) is 0. The Labute approximate surface area is 73.9 Å². The van der Waals surface area contributed by atoms with Crippen LogP contribution in [0.1, 0.15) is 10.4 Å². The molecule has 0 saturated carbocycles. The van der Waals surface area contributed by atoms with Crippen LogP contribution in [0.2, 0.25) is 0 Å². The molecule has 0 atom stereocenters. The molecule has 0 aliphatic carbocycles. The number of ether oxygens (including phenoxy) is 1. The summed E-state index contributed by atoms with van der Waals surface area (Å²) in [6.07, 6.45) is 0. The van der Waals surface area contributed by atoms with Crippen LogP contribution in [-0.2, 0) is 0 Å². The van der Waals surface area contributed by atoms with Gasteiger partial charge in [0.15, 0.2) is 0 Å². The molecule has 0 aromatic heterocycles. The summed E-state index contributed by atoms with van der Waals surface area (Å²) in [7, 11) is 2.34. The van der Waals surface area contributed by atoms with Gasteiger partial charge in [-0.25, -0.2) is 0 Å². The lowest BCUT2D eigenvalue weighted by molar-refractivity contribution is 0.0993. The van der Waals surface area contributed by atoms with E-state index < -0.39 is 5.91 Å². The SMILES string of the molecule is COc1ccc(C([NH])=O)c([SiH3])c1. The third-order valence-electron chi connectivity index (χ3n) is 1.68. The molecule has 4 heteroatoms. The summed E-state index contributed by atoms with van der Waals surface area (Å²) in [6, 6.07) is 5.13. The second-order valence-electron chi connectivity index (χ2n) is 2.51. The molecule has 1 N–H and O–H groups in total. The normalized spacial score (nSPS) is 9.75. The van der Waals surface area contributed by atoms with Crippen LogP contribution in [0.5, 0.6) is 5.75 Å². The van der Waals surface area contributed by atoms with Gasteiger partial charge in [0.05, 0.1) is 7.11 Å². The van der Waals surface area contributed by atoms with Gasteiger partial charge in [-0.3, -0.25) is 10.5 Å². The molecule has 0 fully saturated rings. The smallest absolute Gasteiger partial charge is 0.269 e. The van der Waals surface area contributed by atoms with Crippen LogP contribution in [-0.4, -0.2) is 23.3 Å². The van der Waals surface area contributed by atoms with Crippen molar-refractivity contribution in [3.05, 3.63) is 23.8 Å². The molecule has 0 heterocycles. The number of nitrogens with one attached hydrogen (secondary N) is 1. The summed E-state index contributed by atoms with van der Waals surface area (Å²) in [6.45, 7) is 0. The highest BCUT2D eigenvalue weighted by Gasteiger charge is 2.05. The molecule has 1 aromatic rings. The molecule has 0 bridgehead atoms. The number of hydrogen-bond acceptors (Lipinski definition) is 2. The van der Waals surface area contributed by atoms with Crippen LogP contribution < -0.4 is 15.7 Å². The predicted octanol–water partition coefficient (Wildman–Crippen LogP) is -0.891. The summed E-state index contributed by atoms with van der Waals surface area (Å²) in [5.41, 5.74) is 7.42. The number of carbonyl (C=O) groups excluding carboxylic acids is 1. The van der Waals surface area contributed by atoms with Crippen LogP contribution in [0, 0.1) is 0 Å². The molecule has 63 valence electrons. The Bertz CT molecular complexity index is 312. The summed E-state index contributed by atoms with van der Waals surface area (Å²) in [5, 5.41) is 0.911. The fourth-order valence-electron chi connectivity index (χ4n) is 1.02. The van der Waals surface area contributed by atoms with Crippen molar-refractivity contribution in [2.45, 2.75) is 0 Å². The molecule has 1 aromatic carbocycles. The fourth-order valence-corrected chi connectivity index (χ4v) is 1.70. The minimum atomic E-state index is -0.623. The Kier molecular flexibility index (Phi) is 2.50. The van der Waals surface area contributed by atoms with Gasteiger partial charge in [-0.1, -0.05) is 5.19 Å². The lowest BCUT2D eigenvalue weighted by atomic mass is 10.2. The van der Waals surface area contributed by atoms with Gasteiger partial charge >= 0.3 is 0 Å². The van der Waals surface area contributed by atoms with E-state index in [2.05, 4.69) is 0 Å². The van der Waals surface area contributed by atoms with Gasteiger partial charge in [0.25, 0.3) is 5.91 Å². The van der Waals surface area contributed by atoms with E-state index in [1.165, 1.54) is 0 Å². The van der Waals surface area contributed by atoms with Gasteiger partial charge in [-0.15, -0.1) is 0 Å². The highest BCUT2D eigenvalue weighted by Crippen LogP contribution is 2.08. The quantitative estimate of drug-likeness (QED) is 0.554. The van der Waals surface area contributed by atoms with Crippen LogP contribution in [0.4, 0.5) is 0 Å². The van der Waals surface area contributed by atoms with E-state index in [0.29, 0.717) is 5.56 Å². The number of rotatable bonds is 2. The van der Waals surface area contributed by atoms with Crippen molar-refractivity contribution in [1.82, 2.24) is 5.73 Å². The first-order chi connectivity index (χ1) is 5.65. The van der Waals surface area contributed by atoms with Crippen molar-refractivity contribution in [2.24, 2.45) is 0 Å². The molecular formula is C8H10NO2Si. The van der Waals surface area contributed by atoms with Crippen molar-refractivity contribution in [2.75, 3.05) is 7.11 Å². The van der Waals surface area contributed by atoms with E-state index >= 15 is 0 Å². The molecule has 3 nitrogen and oxygen atoms in total. The van der Waals surface area contributed by atoms with Crippen molar-refractivity contribution in [3.63, 3.8) is 0 Å². The summed E-state index contributed by atoms with van der Waals surface area (Å²) in [4.78, 5) is 10.7. The Morgan fingerprint density at radius 3 is 2.67 bits per heavy atom. The van der Waals surface area contributed by atoms with Crippen LogP contribution >= 0.6 is 0 Å². The Hall–Kier alpha value is -1.29. The zero-order valence-electron chi connectivity index (χ0n) is 7.05. The van der Waals surface area contributed by atoms with E-state index in [1.54, 1.807) is 25.3 Å². The molecule has 1 radical (unpaired) electrons. The van der Waals surface area contributed by atoms with Crippen LogP contribution in [0.3, 0.4) is 0 Å². The first kappa shape index (κ1) is 8.80. The van der Waals surface area contributed by atoms with Gasteiger partial charge in [0, 0.05) is 15.8 Å². The standard InChI is InChI=1S/C8H10NO2Si/c1-11-5-2-3-6(8(9)10)7(12)4-5/h2-4,9H,1,12H3. The second-order valence-corrected chi connectivity index (χ2v) is 3.59. The van der Waals surface area contributed by atoms with Crippen molar-refractivity contribution in [1.29, 1.82) is 0 Å². The minimum Gasteiger partial charge on any atom is -0.497 e. The lowest BCUT2D eigenvalue weighted by Crippen LogP contribution is -2.16. The topological polar surface area (TPSA) is 50.1 Å². The minimum absolute atomic E-state index is 0.488. The largest absolute Gasteiger partial charge is 0.497 e. The third kappa shape index (κ3) is 1.65. The first-order valence-corrected chi connectivity index (χ1v) is 4.55. The Balaban J connectivity index is 3.12. The molecule has 0 unspecified atom stereocenters. The number of methoxy groups -OCH3 is 1. The third-order valence-corrected chi connectivity index (χ3v) is 2.51. The molecule has 0 aliphatic heterocycles. The molecule has 1 amide bonds. The summed E-state index contributed by atoms with van der Waals surface area (Å²) < 4.78 is 4.98. The molecule has 1 rings (SSSR count). The van der Waals surface area contributed by atoms with Gasteiger partial charge in [-0.2, -0.15) is 0 Å². The van der Waals surface area contributed by atoms with E-state index in [4.69, 9.17) is 10.5 Å². The maximum Gasteiger partial charge on any atom is 0.269 e. The molecule has 12 heavy (non-hydrogen) atoms.